The van der Waals surface area contributed by atoms with Crippen LogP contribution in [-0.2, 0) is 11.3 Å². The van der Waals surface area contributed by atoms with Gasteiger partial charge >= 0.3 is 0 Å². The minimum atomic E-state index is -0.138. The van der Waals surface area contributed by atoms with Gasteiger partial charge in [-0.3, -0.25) is 9.59 Å². The minimum Gasteiger partial charge on any atom is -0.338 e. The van der Waals surface area contributed by atoms with E-state index in [2.05, 4.69) is 9.97 Å². The van der Waals surface area contributed by atoms with Crippen LogP contribution in [0.3, 0.4) is 0 Å². The van der Waals surface area contributed by atoms with Crippen molar-refractivity contribution in [1.82, 2.24) is 14.9 Å². The number of nitrogens with one attached hydrogen (secondary N) is 1. The van der Waals surface area contributed by atoms with Gasteiger partial charge in [0.05, 0.1) is 12.1 Å². The second-order valence-corrected chi connectivity index (χ2v) is 5.06. The molecule has 0 saturated carbocycles. The monoisotopic (exact) mass is 265 g/mol. The van der Waals surface area contributed by atoms with E-state index in [4.69, 9.17) is 0 Å². The molecule has 0 aromatic carbocycles. The van der Waals surface area contributed by atoms with E-state index in [1.54, 1.807) is 11.9 Å². The fraction of sp³-hybridized carbons (Fsp3) is 0.417. The SMILES string of the molecule is CCCC(=O)N(C)Cc1nc2ccsc2c(=O)[nH]1. The Labute approximate surface area is 108 Å². The van der Waals surface area contributed by atoms with E-state index in [1.165, 1.54) is 11.3 Å². The summed E-state index contributed by atoms with van der Waals surface area (Å²) in [5, 5.41) is 1.84. The van der Waals surface area contributed by atoms with E-state index < -0.39 is 0 Å². The van der Waals surface area contributed by atoms with Crippen LogP contribution in [0.15, 0.2) is 16.2 Å². The normalized spacial score (nSPS) is 10.8. The van der Waals surface area contributed by atoms with Crippen molar-refractivity contribution in [1.29, 1.82) is 0 Å². The zero-order chi connectivity index (χ0) is 13.1. The number of hydrogen-bond donors (Lipinski definition) is 1. The first-order valence-corrected chi connectivity index (χ1v) is 6.70. The molecule has 0 unspecified atom stereocenters. The van der Waals surface area contributed by atoms with Crippen LogP contribution in [0.1, 0.15) is 25.6 Å². The van der Waals surface area contributed by atoms with Crippen LogP contribution in [0.4, 0.5) is 0 Å². The van der Waals surface area contributed by atoms with Crippen molar-refractivity contribution in [2.45, 2.75) is 26.3 Å². The Morgan fingerprint density at radius 2 is 2.33 bits per heavy atom. The molecule has 0 aliphatic carbocycles. The lowest BCUT2D eigenvalue weighted by atomic mass is 10.3. The van der Waals surface area contributed by atoms with Crippen molar-refractivity contribution in [3.8, 4) is 0 Å². The van der Waals surface area contributed by atoms with Crippen LogP contribution < -0.4 is 5.56 Å². The first-order chi connectivity index (χ1) is 8.61. The van der Waals surface area contributed by atoms with Gasteiger partial charge in [-0.25, -0.2) is 4.98 Å². The van der Waals surface area contributed by atoms with E-state index in [9.17, 15) is 9.59 Å². The van der Waals surface area contributed by atoms with Crippen molar-refractivity contribution in [2.24, 2.45) is 0 Å². The average Bonchev–Trinajstić information content (AvgIpc) is 2.77. The maximum atomic E-state index is 11.7. The number of carbonyl (C=O) groups excluding carboxylic acids is 1. The van der Waals surface area contributed by atoms with Crippen LogP contribution in [0.25, 0.3) is 10.2 Å². The van der Waals surface area contributed by atoms with E-state index in [0.29, 0.717) is 29.0 Å². The highest BCUT2D eigenvalue weighted by molar-refractivity contribution is 7.17. The van der Waals surface area contributed by atoms with Gasteiger partial charge < -0.3 is 9.88 Å². The maximum absolute atomic E-state index is 11.7. The molecular formula is C12H15N3O2S. The van der Waals surface area contributed by atoms with Gasteiger partial charge in [0.15, 0.2) is 0 Å². The van der Waals surface area contributed by atoms with E-state index in [-0.39, 0.29) is 11.5 Å². The van der Waals surface area contributed by atoms with Gasteiger partial charge in [0.1, 0.15) is 10.5 Å². The van der Waals surface area contributed by atoms with E-state index in [1.807, 2.05) is 18.4 Å². The van der Waals surface area contributed by atoms with Gasteiger partial charge in [-0.05, 0) is 17.9 Å². The van der Waals surface area contributed by atoms with Gasteiger partial charge in [0, 0.05) is 13.5 Å². The highest BCUT2D eigenvalue weighted by Gasteiger charge is 2.11. The largest absolute Gasteiger partial charge is 0.338 e. The molecule has 18 heavy (non-hydrogen) atoms. The van der Waals surface area contributed by atoms with Gasteiger partial charge in [-0.1, -0.05) is 6.92 Å². The predicted octanol–water partition coefficient (Wildman–Crippen LogP) is 1.74. The number of thiophene rings is 1. The topological polar surface area (TPSA) is 66.1 Å². The molecule has 2 heterocycles. The third-order valence-corrected chi connectivity index (χ3v) is 3.54. The van der Waals surface area contributed by atoms with Crippen LogP contribution in [0, 0.1) is 0 Å². The first-order valence-electron chi connectivity index (χ1n) is 5.82. The summed E-state index contributed by atoms with van der Waals surface area (Å²) in [6.45, 7) is 2.29. The summed E-state index contributed by atoms with van der Waals surface area (Å²) in [6, 6.07) is 1.81. The lowest BCUT2D eigenvalue weighted by molar-refractivity contribution is -0.130. The zero-order valence-electron chi connectivity index (χ0n) is 10.4. The van der Waals surface area contributed by atoms with Gasteiger partial charge in [-0.15, -0.1) is 11.3 Å². The highest BCUT2D eigenvalue weighted by atomic mass is 32.1. The molecule has 0 saturated heterocycles. The lowest BCUT2D eigenvalue weighted by Gasteiger charge is -2.15. The molecule has 96 valence electrons. The Bertz CT molecular complexity index is 617. The first kappa shape index (κ1) is 12.8. The Morgan fingerprint density at radius 3 is 3.06 bits per heavy atom. The number of aromatic amines is 1. The predicted molar refractivity (Wildman–Crippen MR) is 71.6 cm³/mol. The fourth-order valence-corrected chi connectivity index (χ4v) is 2.44. The third-order valence-electron chi connectivity index (χ3n) is 2.64. The van der Waals surface area contributed by atoms with E-state index in [0.717, 1.165) is 6.42 Å². The van der Waals surface area contributed by atoms with Crippen LogP contribution in [-0.4, -0.2) is 27.8 Å². The zero-order valence-corrected chi connectivity index (χ0v) is 11.2. The van der Waals surface area contributed by atoms with Gasteiger partial charge in [0.2, 0.25) is 5.91 Å². The molecule has 0 aliphatic heterocycles. The molecule has 1 amide bonds. The van der Waals surface area contributed by atoms with Crippen LogP contribution >= 0.6 is 11.3 Å². The number of hydrogen-bond acceptors (Lipinski definition) is 4. The highest BCUT2D eigenvalue weighted by Crippen LogP contribution is 2.14. The molecule has 0 aliphatic rings. The summed E-state index contributed by atoms with van der Waals surface area (Å²) in [7, 11) is 1.72. The Hall–Kier alpha value is -1.69. The average molecular weight is 265 g/mol. The standard InChI is InChI=1S/C12H15N3O2S/c1-3-4-10(16)15(2)7-9-13-8-5-6-18-11(8)12(17)14-9/h5-6H,3-4,7H2,1-2H3,(H,13,14,17). The molecule has 0 bridgehead atoms. The molecule has 2 aromatic heterocycles. The Kier molecular flexibility index (Phi) is 3.76. The number of nitrogens with zero attached hydrogens (tertiary/aromatic N) is 2. The van der Waals surface area contributed by atoms with Crippen molar-refractivity contribution in [3.63, 3.8) is 0 Å². The molecule has 6 heteroatoms. The summed E-state index contributed by atoms with van der Waals surface area (Å²) in [4.78, 5) is 32.0. The number of amides is 1. The van der Waals surface area contributed by atoms with Crippen LogP contribution in [0.5, 0.6) is 0 Å². The third kappa shape index (κ3) is 2.59. The summed E-state index contributed by atoms with van der Waals surface area (Å²) < 4.78 is 0.626. The Balaban J connectivity index is 2.21. The number of carbonyl (C=O) groups is 1. The van der Waals surface area contributed by atoms with Gasteiger partial charge in [-0.2, -0.15) is 0 Å². The number of aromatic nitrogens is 2. The molecule has 5 nitrogen and oxygen atoms in total. The molecule has 1 N–H and O–H groups in total. The van der Waals surface area contributed by atoms with Crippen LogP contribution in [0.2, 0.25) is 0 Å². The van der Waals surface area contributed by atoms with Gasteiger partial charge in [0.25, 0.3) is 5.56 Å². The number of H-pyrrole nitrogens is 1. The Morgan fingerprint density at radius 1 is 1.56 bits per heavy atom. The number of fused-ring (bicyclic) bond motifs is 1. The molecule has 2 rings (SSSR count). The second-order valence-electron chi connectivity index (χ2n) is 4.15. The molecule has 0 atom stereocenters. The van der Waals surface area contributed by atoms with Crippen molar-refractivity contribution in [2.75, 3.05) is 7.05 Å². The smallest absolute Gasteiger partial charge is 0.268 e. The summed E-state index contributed by atoms with van der Waals surface area (Å²) >= 11 is 1.37. The summed E-state index contributed by atoms with van der Waals surface area (Å²) in [5.74, 6) is 0.586. The molecule has 0 spiro atoms. The number of rotatable bonds is 4. The van der Waals surface area contributed by atoms with Crippen molar-refractivity contribution >= 4 is 27.5 Å². The molecule has 2 aromatic rings. The van der Waals surface area contributed by atoms with E-state index >= 15 is 0 Å². The molecular weight excluding hydrogens is 250 g/mol. The maximum Gasteiger partial charge on any atom is 0.268 e. The quantitative estimate of drug-likeness (QED) is 0.915. The molecule has 0 radical (unpaired) electrons. The second kappa shape index (κ2) is 5.30. The minimum absolute atomic E-state index is 0.0607. The van der Waals surface area contributed by atoms with Crippen molar-refractivity contribution in [3.05, 3.63) is 27.6 Å². The summed E-state index contributed by atoms with van der Waals surface area (Å²) in [5.41, 5.74) is 0.552. The lowest BCUT2D eigenvalue weighted by Crippen LogP contribution is -2.27. The molecule has 0 fully saturated rings. The summed E-state index contributed by atoms with van der Waals surface area (Å²) in [6.07, 6.45) is 1.33. The van der Waals surface area contributed by atoms with Crippen molar-refractivity contribution < 1.29 is 4.79 Å². The fourth-order valence-electron chi connectivity index (χ4n) is 1.71.